The van der Waals surface area contributed by atoms with Crippen LogP contribution in [0.5, 0.6) is 5.75 Å². The predicted octanol–water partition coefficient (Wildman–Crippen LogP) is 12.2. The van der Waals surface area contributed by atoms with Gasteiger partial charge in [-0.2, -0.15) is 0 Å². The number of rotatable bonds is 15. The summed E-state index contributed by atoms with van der Waals surface area (Å²) in [7, 11) is 0. The number of halogens is 3. The van der Waals surface area contributed by atoms with Crippen molar-refractivity contribution in [2.24, 2.45) is 23.7 Å². The van der Waals surface area contributed by atoms with Gasteiger partial charge in [0.15, 0.2) is 0 Å². The third-order valence-corrected chi connectivity index (χ3v) is 28.8. The second-order valence-electron chi connectivity index (χ2n) is 12.4. The second-order valence-corrected chi connectivity index (χ2v) is 65.5. The molecule has 37 heavy (non-hydrogen) atoms. The molecule has 1 aliphatic heterocycles. The van der Waals surface area contributed by atoms with E-state index < -0.39 is 11.7 Å². The van der Waals surface area contributed by atoms with Crippen molar-refractivity contribution in [1.82, 2.24) is 0 Å². The van der Waals surface area contributed by atoms with Crippen molar-refractivity contribution >= 4 is 75.4 Å². The Labute approximate surface area is 257 Å². The summed E-state index contributed by atoms with van der Waals surface area (Å²) < 4.78 is 8.63. The topological polar surface area (TPSA) is 9.23 Å². The number of hydrogen-bond donors (Lipinski definition) is 0. The van der Waals surface area contributed by atoms with Crippen LogP contribution in [0.4, 0.5) is 0 Å². The molecule has 0 radical (unpaired) electrons. The fraction of sp³-hybridized carbons (Fsp3) is 0.733. The molecule has 7 heteroatoms. The van der Waals surface area contributed by atoms with Gasteiger partial charge in [0, 0.05) is 0 Å². The second kappa shape index (κ2) is 14.6. The fourth-order valence-corrected chi connectivity index (χ4v) is 17.7. The molecule has 2 unspecified atom stereocenters. The van der Waals surface area contributed by atoms with E-state index in [9.17, 15) is 0 Å². The van der Waals surface area contributed by atoms with Crippen LogP contribution in [0.3, 0.4) is 0 Å². The van der Waals surface area contributed by atoms with Gasteiger partial charge in [0.25, 0.3) is 0 Å². The van der Waals surface area contributed by atoms with E-state index in [1.165, 1.54) is 74.5 Å². The average Bonchev–Trinajstić information content (AvgIpc) is 3.39. The molecule has 0 saturated carbocycles. The monoisotopic (exact) mass is 844 g/mol. The molecule has 0 spiro atoms. The minimum absolute atomic E-state index is 0.215. The first-order chi connectivity index (χ1) is 17.3. The summed E-state index contributed by atoms with van der Waals surface area (Å²) in [4.78, 5) is 4.16. The molecule has 3 heterocycles. The van der Waals surface area contributed by atoms with Crippen molar-refractivity contribution in [3.05, 3.63) is 22.6 Å². The van der Waals surface area contributed by atoms with E-state index in [0.29, 0.717) is 0 Å². The third-order valence-electron chi connectivity index (χ3n) is 7.87. The van der Waals surface area contributed by atoms with E-state index in [2.05, 4.69) is 98.7 Å². The molecule has 0 saturated heterocycles. The maximum absolute atomic E-state index is 7.17. The van der Waals surface area contributed by atoms with Crippen LogP contribution in [-0.2, 0) is 5.60 Å². The molecule has 2 aromatic heterocycles. The predicted molar refractivity (Wildman–Crippen MR) is 181 cm³/mol. The summed E-state index contributed by atoms with van der Waals surface area (Å²) in [6, 6.07) is 4.79. The zero-order valence-electron chi connectivity index (χ0n) is 23.9. The molecule has 210 valence electrons. The summed E-state index contributed by atoms with van der Waals surface area (Å²) in [5, 5.41) is 0. The molecule has 0 N–H and O–H groups in total. The van der Waals surface area contributed by atoms with Gasteiger partial charge < -0.3 is 0 Å². The van der Waals surface area contributed by atoms with Gasteiger partial charge >= 0.3 is 260 Å². The van der Waals surface area contributed by atoms with E-state index >= 15 is 0 Å². The van der Waals surface area contributed by atoms with Crippen LogP contribution >= 0.6 is 60.8 Å². The van der Waals surface area contributed by atoms with Crippen LogP contribution in [0, 0.1) is 30.6 Å². The van der Waals surface area contributed by atoms with E-state index in [4.69, 9.17) is 4.74 Å². The van der Waals surface area contributed by atoms with Crippen LogP contribution in [0.15, 0.2) is 12.1 Å². The Bertz CT molecular complexity index is 968. The Morgan fingerprint density at radius 1 is 0.757 bits per heavy atom. The number of fused-ring (bicyclic) bond motifs is 3. The van der Waals surface area contributed by atoms with Gasteiger partial charge in [-0.05, 0) is 0 Å². The van der Waals surface area contributed by atoms with Crippen LogP contribution in [0.25, 0.3) is 9.75 Å². The summed E-state index contributed by atoms with van der Waals surface area (Å²) in [6.45, 7) is 16.5. The number of aryl methyl sites for hydroxylation is 1. The SMILES string of the molecule is Cc1cc2c(s1)-c1s[c]([Sn]([Br])([Br])[Br])cc1C(CCC(C)CCCC(C)C)(CCC(C)CCCC(C)C)O2. The molecule has 1 aliphatic rings. The van der Waals surface area contributed by atoms with E-state index in [-0.39, 0.29) is 5.60 Å². The first-order valence-electron chi connectivity index (χ1n) is 14.3. The molecule has 3 rings (SSSR count). The standard InChI is InChI=1S/C30H47OS2.3BrH.Sn/c1-21(2)10-8-12-23(5)14-17-30(18-15-24(6)13-9-11-22(3)4)26-16-19-32-28(26)29-27(31-30)20-25(7)33-29;;;;/h16,20-24H,8-15,17-18H2,1-7H3;3*1H;/q;;;;+3/p-3. The Morgan fingerprint density at radius 2 is 1.30 bits per heavy atom. The van der Waals surface area contributed by atoms with Gasteiger partial charge in [0.05, 0.1) is 0 Å². The molecule has 0 aliphatic carbocycles. The number of hydrogen-bond acceptors (Lipinski definition) is 3. The molecule has 0 aromatic carbocycles. The first kappa shape index (κ1) is 32.9. The quantitative estimate of drug-likeness (QED) is 0.162. The average molecular weight is 846 g/mol. The first-order valence-corrected chi connectivity index (χ1v) is 36.6. The zero-order valence-corrected chi connectivity index (χ0v) is 33.1. The maximum atomic E-state index is 7.17. The normalized spacial score (nSPS) is 19.1. The van der Waals surface area contributed by atoms with Crippen LogP contribution in [-0.4, -0.2) is 11.7 Å². The fourth-order valence-electron chi connectivity index (χ4n) is 5.52. The van der Waals surface area contributed by atoms with Gasteiger partial charge in [-0.1, -0.05) is 0 Å². The summed E-state index contributed by atoms with van der Waals surface area (Å²) in [5.74, 6) is 4.19. The Kier molecular flexibility index (Phi) is 13.0. The molecule has 0 bridgehead atoms. The summed E-state index contributed by atoms with van der Waals surface area (Å²) in [6.07, 6.45) is 12.7. The number of thiophene rings is 2. The molecule has 2 aromatic rings. The molecule has 1 nitrogen and oxygen atoms in total. The van der Waals surface area contributed by atoms with Gasteiger partial charge in [-0.3, -0.25) is 0 Å². The van der Waals surface area contributed by atoms with Crippen molar-refractivity contribution < 1.29 is 4.74 Å². The van der Waals surface area contributed by atoms with Gasteiger partial charge in [0.2, 0.25) is 0 Å². The third kappa shape index (κ3) is 9.48. The van der Waals surface area contributed by atoms with Crippen LogP contribution < -0.4 is 7.63 Å². The van der Waals surface area contributed by atoms with Crippen LogP contribution in [0.1, 0.15) is 116 Å². The zero-order chi connectivity index (χ0) is 27.4. The Morgan fingerprint density at radius 3 is 1.78 bits per heavy atom. The minimum atomic E-state index is -2.77. The molecular formula is C30H47Br3OS2Sn. The Hall–Kier alpha value is 1.44. The number of ether oxygens (including phenoxy) is 1. The van der Waals surface area contributed by atoms with Crippen molar-refractivity contribution in [2.75, 3.05) is 0 Å². The molecule has 0 amide bonds. The van der Waals surface area contributed by atoms with Crippen molar-refractivity contribution in [1.29, 1.82) is 0 Å². The van der Waals surface area contributed by atoms with Crippen LogP contribution in [0.2, 0.25) is 0 Å². The molecule has 0 fully saturated rings. The van der Waals surface area contributed by atoms with Crippen molar-refractivity contribution in [3.8, 4) is 15.5 Å². The van der Waals surface area contributed by atoms with Gasteiger partial charge in [-0.15, -0.1) is 0 Å². The summed E-state index contributed by atoms with van der Waals surface area (Å²) in [5.41, 5.74) is 1.25. The summed E-state index contributed by atoms with van der Waals surface area (Å²) >= 11 is 13.2. The molecular weight excluding hydrogens is 799 g/mol. The van der Waals surface area contributed by atoms with Gasteiger partial charge in [-0.25, -0.2) is 0 Å². The molecule has 2 atom stereocenters. The van der Waals surface area contributed by atoms with E-state index in [1.807, 2.05) is 22.7 Å². The van der Waals surface area contributed by atoms with E-state index in [0.717, 1.165) is 42.3 Å². The van der Waals surface area contributed by atoms with Crippen molar-refractivity contribution in [3.63, 3.8) is 0 Å². The van der Waals surface area contributed by atoms with E-state index in [1.54, 1.807) is 0 Å². The Balaban J connectivity index is 1.89. The van der Waals surface area contributed by atoms with Crippen molar-refractivity contribution in [2.45, 2.75) is 118 Å². The van der Waals surface area contributed by atoms with Gasteiger partial charge in [0.1, 0.15) is 0 Å².